The van der Waals surface area contributed by atoms with Crippen molar-refractivity contribution in [2.24, 2.45) is 5.73 Å². The number of nitrogens with zero attached hydrogens (tertiary/aromatic N) is 1. The number of fused-ring (bicyclic) bond motifs is 1. The normalized spacial score (nSPS) is 10.7. The van der Waals surface area contributed by atoms with Crippen molar-refractivity contribution in [2.45, 2.75) is 6.54 Å². The van der Waals surface area contributed by atoms with Crippen molar-refractivity contribution in [3.8, 4) is 11.5 Å². The van der Waals surface area contributed by atoms with Gasteiger partial charge in [0.2, 0.25) is 0 Å². The molecule has 0 aliphatic heterocycles. The van der Waals surface area contributed by atoms with E-state index in [1.54, 1.807) is 12.4 Å². The molecule has 20 heavy (non-hydrogen) atoms. The second-order valence-corrected chi connectivity index (χ2v) is 5.23. The average Bonchev–Trinajstić information content (AvgIpc) is 2.50. The molecule has 0 saturated carbocycles. The van der Waals surface area contributed by atoms with Crippen LogP contribution in [0.4, 0.5) is 0 Å². The van der Waals surface area contributed by atoms with E-state index in [2.05, 4.69) is 33.0 Å². The van der Waals surface area contributed by atoms with Crippen LogP contribution in [0.5, 0.6) is 11.5 Å². The van der Waals surface area contributed by atoms with Gasteiger partial charge in [-0.15, -0.1) is 0 Å². The molecule has 0 aliphatic carbocycles. The first-order valence-corrected chi connectivity index (χ1v) is 7.06. The number of halogens is 1. The molecule has 3 aromatic rings. The SMILES string of the molecule is NCc1cncc(Oc2ccc3ccccc3c2Br)c1. The van der Waals surface area contributed by atoms with Crippen molar-refractivity contribution in [1.29, 1.82) is 0 Å². The van der Waals surface area contributed by atoms with Gasteiger partial charge in [-0.2, -0.15) is 0 Å². The Hall–Kier alpha value is -1.91. The fourth-order valence-corrected chi connectivity index (χ4v) is 2.62. The quantitative estimate of drug-likeness (QED) is 0.781. The Bertz CT molecular complexity index is 758. The number of nitrogens with two attached hydrogens (primary N) is 1. The summed E-state index contributed by atoms with van der Waals surface area (Å²) in [6.07, 6.45) is 3.42. The van der Waals surface area contributed by atoms with Gasteiger partial charge < -0.3 is 10.5 Å². The van der Waals surface area contributed by atoms with Gasteiger partial charge >= 0.3 is 0 Å². The summed E-state index contributed by atoms with van der Waals surface area (Å²) in [5, 5.41) is 2.29. The Kier molecular flexibility index (Phi) is 3.67. The summed E-state index contributed by atoms with van der Waals surface area (Å²) in [7, 11) is 0. The molecule has 0 aliphatic rings. The fraction of sp³-hybridized carbons (Fsp3) is 0.0625. The lowest BCUT2D eigenvalue weighted by atomic mass is 10.1. The third-order valence-electron chi connectivity index (χ3n) is 3.06. The highest BCUT2D eigenvalue weighted by Crippen LogP contribution is 2.35. The summed E-state index contributed by atoms with van der Waals surface area (Å²) in [5.74, 6) is 1.45. The van der Waals surface area contributed by atoms with Crippen LogP contribution in [0.15, 0.2) is 59.3 Å². The number of hydrogen-bond acceptors (Lipinski definition) is 3. The molecule has 3 rings (SSSR count). The van der Waals surface area contributed by atoms with E-state index in [4.69, 9.17) is 10.5 Å². The third-order valence-corrected chi connectivity index (χ3v) is 3.88. The van der Waals surface area contributed by atoms with Gasteiger partial charge in [0.25, 0.3) is 0 Å². The van der Waals surface area contributed by atoms with E-state index in [0.717, 1.165) is 21.2 Å². The van der Waals surface area contributed by atoms with Crippen LogP contribution in [-0.4, -0.2) is 4.98 Å². The van der Waals surface area contributed by atoms with Gasteiger partial charge in [0.05, 0.1) is 10.7 Å². The van der Waals surface area contributed by atoms with Crippen molar-refractivity contribution < 1.29 is 4.74 Å². The molecular weight excluding hydrogens is 316 g/mol. The Morgan fingerprint density at radius 2 is 1.95 bits per heavy atom. The molecule has 0 radical (unpaired) electrons. The van der Waals surface area contributed by atoms with E-state index in [1.807, 2.05) is 30.3 Å². The molecule has 1 aromatic heterocycles. The number of benzene rings is 2. The molecule has 2 N–H and O–H groups in total. The van der Waals surface area contributed by atoms with E-state index in [1.165, 1.54) is 5.39 Å². The van der Waals surface area contributed by atoms with E-state index in [9.17, 15) is 0 Å². The largest absolute Gasteiger partial charge is 0.455 e. The minimum atomic E-state index is 0.448. The van der Waals surface area contributed by atoms with E-state index < -0.39 is 0 Å². The Labute approximate surface area is 125 Å². The first-order valence-electron chi connectivity index (χ1n) is 6.27. The van der Waals surface area contributed by atoms with Crippen LogP contribution in [0.2, 0.25) is 0 Å². The summed E-state index contributed by atoms with van der Waals surface area (Å²) in [4.78, 5) is 4.12. The minimum absolute atomic E-state index is 0.448. The standard InChI is InChI=1S/C16H13BrN2O/c17-16-14-4-2-1-3-12(14)5-6-15(16)20-13-7-11(8-18)9-19-10-13/h1-7,9-10H,8,18H2. The molecule has 3 nitrogen and oxygen atoms in total. The highest BCUT2D eigenvalue weighted by molar-refractivity contribution is 9.10. The van der Waals surface area contributed by atoms with Crippen molar-refractivity contribution in [2.75, 3.05) is 0 Å². The van der Waals surface area contributed by atoms with Crippen LogP contribution in [0, 0.1) is 0 Å². The van der Waals surface area contributed by atoms with Crippen molar-refractivity contribution in [3.05, 3.63) is 64.9 Å². The molecule has 0 saturated heterocycles. The van der Waals surface area contributed by atoms with Gasteiger partial charge in [-0.25, -0.2) is 0 Å². The number of pyridine rings is 1. The molecule has 0 amide bonds. The number of hydrogen-bond donors (Lipinski definition) is 1. The van der Waals surface area contributed by atoms with Crippen molar-refractivity contribution >= 4 is 26.7 Å². The van der Waals surface area contributed by atoms with Crippen LogP contribution < -0.4 is 10.5 Å². The van der Waals surface area contributed by atoms with Gasteiger partial charge in [-0.05, 0) is 44.4 Å². The van der Waals surface area contributed by atoms with Gasteiger partial charge in [-0.1, -0.05) is 30.3 Å². The smallest absolute Gasteiger partial charge is 0.146 e. The van der Waals surface area contributed by atoms with Crippen LogP contribution in [0.1, 0.15) is 5.56 Å². The van der Waals surface area contributed by atoms with Crippen LogP contribution in [0.25, 0.3) is 10.8 Å². The molecular formula is C16H13BrN2O. The zero-order chi connectivity index (χ0) is 13.9. The maximum atomic E-state index is 5.89. The topological polar surface area (TPSA) is 48.1 Å². The zero-order valence-corrected chi connectivity index (χ0v) is 12.3. The summed E-state index contributed by atoms with van der Waals surface area (Å²) in [5.41, 5.74) is 6.56. The lowest BCUT2D eigenvalue weighted by Gasteiger charge is -2.10. The second kappa shape index (κ2) is 5.61. The van der Waals surface area contributed by atoms with Crippen LogP contribution >= 0.6 is 15.9 Å². The lowest BCUT2D eigenvalue weighted by molar-refractivity contribution is 0.477. The first-order chi connectivity index (χ1) is 9.78. The van der Waals surface area contributed by atoms with E-state index in [0.29, 0.717) is 12.3 Å². The maximum absolute atomic E-state index is 5.89. The second-order valence-electron chi connectivity index (χ2n) is 4.43. The molecule has 0 fully saturated rings. The minimum Gasteiger partial charge on any atom is -0.455 e. The molecule has 100 valence electrons. The number of aromatic nitrogens is 1. The van der Waals surface area contributed by atoms with Gasteiger partial charge in [0.1, 0.15) is 11.5 Å². The summed E-state index contributed by atoms with van der Waals surface area (Å²) in [6, 6.07) is 14.0. The summed E-state index contributed by atoms with van der Waals surface area (Å²) < 4.78 is 6.83. The van der Waals surface area contributed by atoms with E-state index in [-0.39, 0.29) is 0 Å². The van der Waals surface area contributed by atoms with Crippen LogP contribution in [0.3, 0.4) is 0 Å². The lowest BCUT2D eigenvalue weighted by Crippen LogP contribution is -1.97. The van der Waals surface area contributed by atoms with Crippen LogP contribution in [-0.2, 0) is 6.54 Å². The van der Waals surface area contributed by atoms with Gasteiger partial charge in [0, 0.05) is 12.7 Å². The monoisotopic (exact) mass is 328 g/mol. The summed E-state index contributed by atoms with van der Waals surface area (Å²) >= 11 is 3.60. The molecule has 1 heterocycles. The molecule has 0 unspecified atom stereocenters. The molecule has 4 heteroatoms. The Morgan fingerprint density at radius 3 is 2.80 bits per heavy atom. The Morgan fingerprint density at radius 1 is 1.10 bits per heavy atom. The van der Waals surface area contributed by atoms with E-state index >= 15 is 0 Å². The third kappa shape index (κ3) is 2.53. The molecule has 0 spiro atoms. The molecule has 0 atom stereocenters. The zero-order valence-electron chi connectivity index (χ0n) is 10.7. The molecule has 0 bridgehead atoms. The Balaban J connectivity index is 2.00. The van der Waals surface area contributed by atoms with Gasteiger partial charge in [0.15, 0.2) is 0 Å². The van der Waals surface area contributed by atoms with Crippen molar-refractivity contribution in [1.82, 2.24) is 4.98 Å². The predicted octanol–water partition coefficient (Wildman–Crippen LogP) is 4.25. The first kappa shape index (κ1) is 13.1. The highest BCUT2D eigenvalue weighted by atomic mass is 79.9. The average molecular weight is 329 g/mol. The maximum Gasteiger partial charge on any atom is 0.146 e. The van der Waals surface area contributed by atoms with Crippen molar-refractivity contribution in [3.63, 3.8) is 0 Å². The summed E-state index contributed by atoms with van der Waals surface area (Å²) in [6.45, 7) is 0.448. The number of ether oxygens (including phenoxy) is 1. The van der Waals surface area contributed by atoms with Gasteiger partial charge in [-0.3, -0.25) is 4.98 Å². The predicted molar refractivity (Wildman–Crippen MR) is 83.9 cm³/mol. The highest BCUT2D eigenvalue weighted by Gasteiger charge is 2.07. The molecule has 2 aromatic carbocycles. The fourth-order valence-electron chi connectivity index (χ4n) is 2.05. The number of rotatable bonds is 3.